The van der Waals surface area contributed by atoms with Gasteiger partial charge in [-0.3, -0.25) is 14.8 Å². The number of anilines is 1. The predicted octanol–water partition coefficient (Wildman–Crippen LogP) is 2.27. The van der Waals surface area contributed by atoms with E-state index in [9.17, 15) is 10.1 Å². The number of hydrogen-bond donors (Lipinski definition) is 1. The lowest BCUT2D eigenvalue weighted by atomic mass is 10.1. The van der Waals surface area contributed by atoms with E-state index in [0.29, 0.717) is 18.8 Å². The van der Waals surface area contributed by atoms with Crippen LogP contribution < -0.4 is 5.32 Å². The van der Waals surface area contributed by atoms with Gasteiger partial charge in [0, 0.05) is 30.6 Å². The molecule has 18 heavy (non-hydrogen) atoms. The van der Waals surface area contributed by atoms with Crippen LogP contribution >= 0.6 is 0 Å². The van der Waals surface area contributed by atoms with Crippen LogP contribution in [0.25, 0.3) is 0 Å². The molecule has 1 aromatic heterocycles. The van der Waals surface area contributed by atoms with Gasteiger partial charge in [-0.25, -0.2) is 0 Å². The third-order valence-corrected chi connectivity index (χ3v) is 2.57. The van der Waals surface area contributed by atoms with E-state index in [1.165, 1.54) is 6.07 Å². The Kier molecular flexibility index (Phi) is 3.57. The van der Waals surface area contributed by atoms with Crippen molar-refractivity contribution in [1.29, 1.82) is 0 Å². The fourth-order valence-corrected chi connectivity index (χ4v) is 1.82. The van der Waals surface area contributed by atoms with Crippen molar-refractivity contribution in [2.24, 2.45) is 0 Å². The largest absolute Gasteiger partial charge is 0.379 e. The van der Waals surface area contributed by atoms with E-state index in [1.54, 1.807) is 16.9 Å². The first-order valence-corrected chi connectivity index (χ1v) is 5.70. The smallest absolute Gasteiger partial charge is 0.292 e. The van der Waals surface area contributed by atoms with Gasteiger partial charge in [-0.05, 0) is 13.0 Å². The van der Waals surface area contributed by atoms with Crippen LogP contribution in [0.15, 0.2) is 36.7 Å². The average molecular weight is 246 g/mol. The van der Waals surface area contributed by atoms with Gasteiger partial charge in [-0.15, -0.1) is 0 Å². The third-order valence-electron chi connectivity index (χ3n) is 2.57. The minimum atomic E-state index is -0.370. The zero-order valence-corrected chi connectivity index (χ0v) is 10.0. The van der Waals surface area contributed by atoms with Crippen LogP contribution in [0.5, 0.6) is 0 Å². The van der Waals surface area contributed by atoms with Crippen LogP contribution in [0.4, 0.5) is 11.4 Å². The first-order chi connectivity index (χ1) is 8.72. The molecule has 0 fully saturated rings. The van der Waals surface area contributed by atoms with Gasteiger partial charge in [0.1, 0.15) is 5.69 Å². The number of para-hydroxylation sites is 1. The topological polar surface area (TPSA) is 73.0 Å². The van der Waals surface area contributed by atoms with Crippen molar-refractivity contribution in [3.8, 4) is 0 Å². The Hall–Kier alpha value is -2.37. The molecular formula is C12H14N4O2. The van der Waals surface area contributed by atoms with E-state index < -0.39 is 0 Å². The first-order valence-electron chi connectivity index (χ1n) is 5.70. The molecule has 0 saturated carbocycles. The third kappa shape index (κ3) is 2.48. The maximum atomic E-state index is 11.0. The highest BCUT2D eigenvalue weighted by molar-refractivity contribution is 5.66. The van der Waals surface area contributed by atoms with E-state index in [4.69, 9.17) is 0 Å². The normalized spacial score (nSPS) is 10.3. The first kappa shape index (κ1) is 12.1. The summed E-state index contributed by atoms with van der Waals surface area (Å²) in [6.07, 6.45) is 3.51. The Bertz CT molecular complexity index is 537. The molecule has 1 N–H and O–H groups in total. The summed E-state index contributed by atoms with van der Waals surface area (Å²) >= 11 is 0. The van der Waals surface area contributed by atoms with Crippen molar-refractivity contribution in [3.63, 3.8) is 0 Å². The molecule has 0 amide bonds. The van der Waals surface area contributed by atoms with Crippen molar-refractivity contribution in [1.82, 2.24) is 9.78 Å². The lowest BCUT2D eigenvalue weighted by Gasteiger charge is -2.11. The lowest BCUT2D eigenvalue weighted by Crippen LogP contribution is -2.08. The zero-order valence-electron chi connectivity index (χ0n) is 10.0. The number of nitrogens with zero attached hydrogens (tertiary/aromatic N) is 3. The number of rotatable bonds is 5. The monoisotopic (exact) mass is 246 g/mol. The van der Waals surface area contributed by atoms with Crippen LogP contribution in [-0.2, 0) is 6.54 Å². The maximum Gasteiger partial charge on any atom is 0.292 e. The minimum absolute atomic E-state index is 0.0986. The minimum Gasteiger partial charge on any atom is -0.379 e. The molecule has 0 atom stereocenters. The van der Waals surface area contributed by atoms with Crippen LogP contribution in [0, 0.1) is 10.1 Å². The van der Waals surface area contributed by atoms with E-state index >= 15 is 0 Å². The number of nitrogens with one attached hydrogen (secondary N) is 1. The quantitative estimate of drug-likeness (QED) is 0.648. The average Bonchev–Trinajstić information content (AvgIpc) is 2.84. The van der Waals surface area contributed by atoms with Gasteiger partial charge in [-0.1, -0.05) is 12.1 Å². The highest BCUT2D eigenvalue weighted by Gasteiger charge is 2.16. The van der Waals surface area contributed by atoms with Gasteiger partial charge in [-0.2, -0.15) is 5.10 Å². The van der Waals surface area contributed by atoms with Crippen LogP contribution in [0.3, 0.4) is 0 Å². The molecular weight excluding hydrogens is 232 g/mol. The molecule has 0 spiro atoms. The zero-order chi connectivity index (χ0) is 13.0. The summed E-state index contributed by atoms with van der Waals surface area (Å²) in [5.41, 5.74) is 1.52. The number of nitro groups is 1. The molecule has 0 unspecified atom stereocenters. The van der Waals surface area contributed by atoms with Gasteiger partial charge in [0.25, 0.3) is 5.69 Å². The summed E-state index contributed by atoms with van der Waals surface area (Å²) in [5, 5.41) is 18.2. The van der Waals surface area contributed by atoms with Gasteiger partial charge < -0.3 is 5.32 Å². The van der Waals surface area contributed by atoms with Gasteiger partial charge >= 0.3 is 0 Å². The summed E-state index contributed by atoms with van der Waals surface area (Å²) in [5.74, 6) is 0. The van der Waals surface area contributed by atoms with E-state index in [0.717, 1.165) is 5.56 Å². The second-order valence-electron chi connectivity index (χ2n) is 3.80. The highest BCUT2D eigenvalue weighted by atomic mass is 16.6. The fraction of sp³-hybridized carbons (Fsp3) is 0.250. The second-order valence-corrected chi connectivity index (χ2v) is 3.80. The maximum absolute atomic E-state index is 11.0. The Morgan fingerprint density at radius 3 is 2.89 bits per heavy atom. The number of benzene rings is 1. The molecule has 0 saturated heterocycles. The van der Waals surface area contributed by atoms with Crippen molar-refractivity contribution in [2.45, 2.75) is 13.5 Å². The highest BCUT2D eigenvalue weighted by Crippen LogP contribution is 2.28. The molecule has 2 aromatic rings. The molecule has 94 valence electrons. The SMILES string of the molecule is CCNc1c(Cn2cccn2)cccc1[N+](=O)[O-]. The molecule has 6 nitrogen and oxygen atoms in total. The van der Waals surface area contributed by atoms with Crippen molar-refractivity contribution in [2.75, 3.05) is 11.9 Å². The molecule has 0 bridgehead atoms. The van der Waals surface area contributed by atoms with Crippen LogP contribution in [0.1, 0.15) is 12.5 Å². The van der Waals surface area contributed by atoms with E-state index in [1.807, 2.05) is 25.3 Å². The summed E-state index contributed by atoms with van der Waals surface area (Å²) in [6.45, 7) is 3.06. The molecule has 1 aromatic carbocycles. The number of aromatic nitrogens is 2. The summed E-state index contributed by atoms with van der Waals surface area (Å²) in [4.78, 5) is 10.6. The van der Waals surface area contributed by atoms with Crippen molar-refractivity contribution < 1.29 is 4.92 Å². The predicted molar refractivity (Wildman–Crippen MR) is 68.6 cm³/mol. The molecule has 0 radical (unpaired) electrons. The number of nitro benzene ring substituents is 1. The van der Waals surface area contributed by atoms with Crippen LogP contribution in [-0.4, -0.2) is 21.2 Å². The Balaban J connectivity index is 2.39. The lowest BCUT2D eigenvalue weighted by molar-refractivity contribution is -0.384. The van der Waals surface area contributed by atoms with E-state index in [2.05, 4.69) is 10.4 Å². The molecule has 2 rings (SSSR count). The van der Waals surface area contributed by atoms with Gasteiger partial charge in [0.2, 0.25) is 0 Å². The molecule has 1 heterocycles. The summed E-state index contributed by atoms with van der Waals surface area (Å²) in [6, 6.07) is 6.89. The van der Waals surface area contributed by atoms with Gasteiger partial charge in [0.15, 0.2) is 0 Å². The molecule has 0 aliphatic heterocycles. The standard InChI is InChI=1S/C12H14N4O2/c1-2-13-12-10(9-15-8-4-7-14-15)5-3-6-11(12)16(17)18/h3-8,13H,2,9H2,1H3. The molecule has 0 aliphatic carbocycles. The molecule has 0 aliphatic rings. The van der Waals surface area contributed by atoms with Crippen molar-refractivity contribution >= 4 is 11.4 Å². The van der Waals surface area contributed by atoms with Crippen LogP contribution in [0.2, 0.25) is 0 Å². The van der Waals surface area contributed by atoms with Crippen molar-refractivity contribution in [3.05, 3.63) is 52.3 Å². The Morgan fingerprint density at radius 1 is 1.44 bits per heavy atom. The summed E-state index contributed by atoms with van der Waals surface area (Å²) in [7, 11) is 0. The Labute approximate surface area is 104 Å². The second kappa shape index (κ2) is 5.31. The summed E-state index contributed by atoms with van der Waals surface area (Å²) < 4.78 is 1.74. The molecule has 6 heteroatoms. The number of hydrogen-bond acceptors (Lipinski definition) is 4. The van der Waals surface area contributed by atoms with E-state index in [-0.39, 0.29) is 10.6 Å². The van der Waals surface area contributed by atoms with Gasteiger partial charge in [0.05, 0.1) is 11.5 Å². The Morgan fingerprint density at radius 2 is 2.28 bits per heavy atom. The fourth-order valence-electron chi connectivity index (χ4n) is 1.82.